The quantitative estimate of drug-likeness (QED) is 0.312. The van der Waals surface area contributed by atoms with Crippen molar-refractivity contribution >= 4 is 0 Å². The van der Waals surface area contributed by atoms with E-state index in [1.807, 2.05) is 0 Å². The Morgan fingerprint density at radius 2 is 1.50 bits per heavy atom. The highest BCUT2D eigenvalue weighted by molar-refractivity contribution is 4.76. The number of rotatable bonds is 7. The van der Waals surface area contributed by atoms with Crippen LogP contribution in [0.15, 0.2) is 24.5 Å². The fourth-order valence-corrected chi connectivity index (χ4v) is 1.11. The van der Waals surface area contributed by atoms with Crippen LogP contribution in [0, 0.1) is 0 Å². The van der Waals surface area contributed by atoms with Crippen LogP contribution in [0.25, 0.3) is 0 Å². The van der Waals surface area contributed by atoms with Gasteiger partial charge in [-0.25, -0.2) is 0 Å². The summed E-state index contributed by atoms with van der Waals surface area (Å²) in [6, 6.07) is 0. The Morgan fingerprint density at radius 3 is 2.00 bits per heavy atom. The van der Waals surface area contributed by atoms with Crippen molar-refractivity contribution in [2.24, 2.45) is 0 Å². The molecule has 0 aliphatic heterocycles. The second kappa shape index (κ2) is 10.3. The lowest BCUT2D eigenvalue weighted by Crippen LogP contribution is -1.76. The summed E-state index contributed by atoms with van der Waals surface area (Å²) >= 11 is 0. The van der Waals surface area contributed by atoms with Crippen molar-refractivity contribution in [1.29, 1.82) is 0 Å². The van der Waals surface area contributed by atoms with Crippen LogP contribution in [-0.2, 0) is 5.11 Å². The summed E-state index contributed by atoms with van der Waals surface area (Å²) < 4.78 is 0. The fraction of sp³-hybridized carbons (Fsp3) is 0.636. The minimum Gasteiger partial charge on any atom is -0.299 e. The molecule has 0 unspecified atom stereocenters. The third-order valence-electron chi connectivity index (χ3n) is 1.82. The zero-order chi connectivity index (χ0) is 9.07. The lowest BCUT2D eigenvalue weighted by Gasteiger charge is -1.95. The summed E-state index contributed by atoms with van der Waals surface area (Å²) in [7, 11) is 0. The van der Waals surface area contributed by atoms with Gasteiger partial charge < -0.3 is 0 Å². The topological polar surface area (TPSA) is 19.9 Å². The van der Waals surface area contributed by atoms with Gasteiger partial charge in [0.25, 0.3) is 0 Å². The van der Waals surface area contributed by atoms with Gasteiger partial charge >= 0.3 is 0 Å². The van der Waals surface area contributed by atoms with Crippen LogP contribution < -0.4 is 0 Å². The molecule has 0 aromatic rings. The molecule has 0 heterocycles. The van der Waals surface area contributed by atoms with Crippen LogP contribution in [0.5, 0.6) is 0 Å². The van der Waals surface area contributed by atoms with E-state index in [1.54, 1.807) is 6.08 Å². The van der Waals surface area contributed by atoms with E-state index in [-0.39, 0.29) is 0 Å². The summed E-state index contributed by atoms with van der Waals surface area (Å²) in [5, 5.41) is 9.91. The molecule has 0 atom stereocenters. The molecule has 69 valence electrons. The Hall–Kier alpha value is -0.720. The molecule has 0 aliphatic rings. The molecule has 0 fully saturated rings. The average molecular weight is 167 g/mol. The van der Waals surface area contributed by atoms with Gasteiger partial charge in [-0.3, -0.25) is 5.11 Å². The molecule has 0 amide bonds. The molecule has 0 N–H and O–H groups in total. The van der Waals surface area contributed by atoms with Gasteiger partial charge in [-0.05, 0) is 38.7 Å². The molecule has 1 nitrogen and oxygen atoms in total. The monoisotopic (exact) mass is 167 g/mol. The highest BCUT2D eigenvalue weighted by Gasteiger charge is 1.86. The van der Waals surface area contributed by atoms with Crippen molar-refractivity contribution in [2.75, 3.05) is 0 Å². The van der Waals surface area contributed by atoms with Crippen LogP contribution in [0.1, 0.15) is 45.4 Å². The Morgan fingerprint density at radius 1 is 0.917 bits per heavy atom. The van der Waals surface area contributed by atoms with Crippen LogP contribution >= 0.6 is 0 Å². The Labute approximate surface area is 75.8 Å². The van der Waals surface area contributed by atoms with Crippen LogP contribution in [0.3, 0.4) is 0 Å². The van der Waals surface area contributed by atoms with Crippen LogP contribution in [-0.4, -0.2) is 0 Å². The first-order chi connectivity index (χ1) is 5.91. The van der Waals surface area contributed by atoms with Gasteiger partial charge in [0.15, 0.2) is 0 Å². The van der Waals surface area contributed by atoms with Crippen molar-refractivity contribution in [3.8, 4) is 0 Å². The van der Waals surface area contributed by atoms with Crippen LogP contribution in [0.2, 0.25) is 0 Å². The lowest BCUT2D eigenvalue weighted by atomic mass is 10.1. The molecule has 0 aromatic heterocycles. The highest BCUT2D eigenvalue weighted by atomic mass is 16.2. The second-order valence-electron chi connectivity index (χ2n) is 2.93. The molecule has 12 heavy (non-hydrogen) atoms. The summed E-state index contributed by atoms with van der Waals surface area (Å²) in [5.74, 6) is 0. The van der Waals surface area contributed by atoms with Gasteiger partial charge in [-0.15, -0.1) is 0 Å². The molecule has 0 saturated carbocycles. The summed E-state index contributed by atoms with van der Waals surface area (Å²) in [6.07, 6.45) is 14.0. The second-order valence-corrected chi connectivity index (χ2v) is 2.93. The minimum absolute atomic E-state index is 0.889. The summed E-state index contributed by atoms with van der Waals surface area (Å²) in [6.45, 7) is 2.05. The van der Waals surface area contributed by atoms with E-state index in [4.69, 9.17) is 0 Å². The molecular formula is C11H19O. The summed E-state index contributed by atoms with van der Waals surface area (Å²) in [4.78, 5) is 0. The van der Waals surface area contributed by atoms with Crippen molar-refractivity contribution < 1.29 is 5.11 Å². The molecule has 0 saturated heterocycles. The zero-order valence-corrected chi connectivity index (χ0v) is 7.96. The number of hydrogen-bond acceptors (Lipinski definition) is 0. The SMILES string of the molecule is CC=CCCCCCCC=C[O]. The van der Waals surface area contributed by atoms with Gasteiger partial charge in [0.2, 0.25) is 0 Å². The first-order valence-electron chi connectivity index (χ1n) is 4.80. The fourth-order valence-electron chi connectivity index (χ4n) is 1.11. The Kier molecular flexibility index (Phi) is 9.66. The lowest BCUT2D eigenvalue weighted by molar-refractivity contribution is 0.349. The van der Waals surface area contributed by atoms with E-state index < -0.39 is 0 Å². The molecule has 1 radical (unpaired) electrons. The van der Waals surface area contributed by atoms with Crippen molar-refractivity contribution in [2.45, 2.75) is 45.4 Å². The maximum Gasteiger partial charge on any atom is 0.138 e. The van der Waals surface area contributed by atoms with Gasteiger partial charge in [0.05, 0.1) is 0 Å². The van der Waals surface area contributed by atoms with Gasteiger partial charge in [0, 0.05) is 0 Å². The van der Waals surface area contributed by atoms with E-state index in [9.17, 15) is 5.11 Å². The van der Waals surface area contributed by atoms with Gasteiger partial charge in [0.1, 0.15) is 6.26 Å². The smallest absolute Gasteiger partial charge is 0.138 e. The van der Waals surface area contributed by atoms with Crippen LogP contribution in [0.4, 0.5) is 0 Å². The Bertz CT molecular complexity index is 109. The molecule has 0 bridgehead atoms. The molecule has 1 heteroatoms. The average Bonchev–Trinajstić information content (AvgIpc) is 2.10. The Balaban J connectivity index is 2.91. The van der Waals surface area contributed by atoms with E-state index in [0.717, 1.165) is 19.1 Å². The molecule has 0 rings (SSSR count). The normalized spacial score (nSPS) is 11.8. The van der Waals surface area contributed by atoms with E-state index in [2.05, 4.69) is 19.1 Å². The largest absolute Gasteiger partial charge is 0.299 e. The molecule has 0 aliphatic carbocycles. The van der Waals surface area contributed by atoms with Crippen molar-refractivity contribution in [1.82, 2.24) is 0 Å². The maximum atomic E-state index is 9.91. The molecule has 0 spiro atoms. The predicted octanol–water partition coefficient (Wildman–Crippen LogP) is 3.85. The highest BCUT2D eigenvalue weighted by Crippen LogP contribution is 2.05. The van der Waals surface area contributed by atoms with E-state index in [1.165, 1.54) is 25.7 Å². The molecule has 0 aromatic carbocycles. The number of allylic oxidation sites excluding steroid dienone is 3. The minimum atomic E-state index is 0.889. The van der Waals surface area contributed by atoms with Gasteiger partial charge in [-0.2, -0.15) is 0 Å². The van der Waals surface area contributed by atoms with E-state index in [0.29, 0.717) is 0 Å². The standard InChI is InChI=1S/C11H19O/c1-2-3-4-5-6-7-8-9-10-11-12/h2-3,10-11H,4-9H2,1H3. The van der Waals surface area contributed by atoms with Crippen molar-refractivity contribution in [3.63, 3.8) is 0 Å². The first kappa shape index (κ1) is 11.3. The third kappa shape index (κ3) is 9.28. The van der Waals surface area contributed by atoms with Crippen molar-refractivity contribution in [3.05, 3.63) is 24.5 Å². The number of hydrogen-bond donors (Lipinski definition) is 0. The van der Waals surface area contributed by atoms with Gasteiger partial charge in [-0.1, -0.05) is 25.0 Å². The van der Waals surface area contributed by atoms with E-state index >= 15 is 0 Å². The number of unbranched alkanes of at least 4 members (excludes halogenated alkanes) is 5. The third-order valence-corrected chi connectivity index (χ3v) is 1.82. The molecular weight excluding hydrogens is 148 g/mol. The summed E-state index contributed by atoms with van der Waals surface area (Å²) in [5.41, 5.74) is 0. The maximum absolute atomic E-state index is 9.91. The predicted molar refractivity (Wildman–Crippen MR) is 52.3 cm³/mol. The zero-order valence-electron chi connectivity index (χ0n) is 7.96. The first-order valence-corrected chi connectivity index (χ1v) is 4.80.